The van der Waals surface area contributed by atoms with Gasteiger partial charge in [-0.3, -0.25) is 20.2 Å². The number of esters is 2. The second-order valence-corrected chi connectivity index (χ2v) is 9.92. The molecule has 0 N–H and O–H groups in total. The summed E-state index contributed by atoms with van der Waals surface area (Å²) in [7, 11) is 0. The molecule has 0 amide bonds. The molecule has 0 bridgehead atoms. The number of alkyl halides is 5. The van der Waals surface area contributed by atoms with E-state index in [1.165, 1.54) is 18.2 Å². The lowest BCUT2D eigenvalue weighted by atomic mass is 10.1. The summed E-state index contributed by atoms with van der Waals surface area (Å²) >= 11 is 0. The van der Waals surface area contributed by atoms with E-state index in [1.807, 2.05) is 0 Å². The Balaban J connectivity index is 1.34. The predicted octanol–water partition coefficient (Wildman–Crippen LogP) is 7.55. The lowest BCUT2D eigenvalue weighted by molar-refractivity contribution is -0.394. The van der Waals surface area contributed by atoms with E-state index in [2.05, 4.69) is 4.74 Å². The van der Waals surface area contributed by atoms with Crippen LogP contribution < -0.4 is 9.47 Å². The summed E-state index contributed by atoms with van der Waals surface area (Å²) in [5.41, 5.74) is -1.65. The Morgan fingerprint density at radius 2 is 1.27 bits per heavy atom. The second kappa shape index (κ2) is 16.8. The molecule has 12 nitrogen and oxygen atoms in total. The molecular weight excluding hydrogens is 655 g/mol. The molecule has 0 saturated heterocycles. The number of nitro groups is 2. The molecule has 0 unspecified atom stereocenters. The first-order valence-electron chi connectivity index (χ1n) is 14.1. The van der Waals surface area contributed by atoms with Crippen LogP contribution >= 0.6 is 0 Å². The molecule has 0 aliphatic rings. The Bertz CT molecular complexity index is 1580. The van der Waals surface area contributed by atoms with Crippen LogP contribution in [0.25, 0.3) is 6.08 Å². The van der Waals surface area contributed by atoms with Crippen molar-refractivity contribution in [2.75, 3.05) is 19.8 Å². The number of benzene rings is 3. The van der Waals surface area contributed by atoms with Gasteiger partial charge in [0.1, 0.15) is 11.5 Å². The predicted molar refractivity (Wildman–Crippen MR) is 157 cm³/mol. The molecule has 0 fully saturated rings. The summed E-state index contributed by atoms with van der Waals surface area (Å²) in [5, 5.41) is 21.9. The van der Waals surface area contributed by atoms with Crippen molar-refractivity contribution < 1.29 is 60.3 Å². The van der Waals surface area contributed by atoms with Gasteiger partial charge < -0.3 is 18.9 Å². The number of carbonyl (C=O) groups is 2. The van der Waals surface area contributed by atoms with E-state index >= 15 is 0 Å². The second-order valence-electron chi connectivity index (χ2n) is 9.92. The molecule has 0 atom stereocenters. The lowest BCUT2D eigenvalue weighted by Crippen LogP contribution is -2.22. The first-order chi connectivity index (χ1) is 22.6. The van der Waals surface area contributed by atoms with E-state index in [0.29, 0.717) is 31.2 Å². The molecule has 0 radical (unpaired) electrons. The monoisotopic (exact) mass is 682 g/mol. The number of nitrogens with zero attached hydrogens (tertiary/aromatic N) is 2. The van der Waals surface area contributed by atoms with Crippen LogP contribution in [0.5, 0.6) is 11.5 Å². The number of hydrogen-bond donors (Lipinski definition) is 0. The van der Waals surface area contributed by atoms with Crippen LogP contribution in [0.4, 0.5) is 33.3 Å². The fourth-order valence-corrected chi connectivity index (χ4v) is 3.88. The number of unbranched alkanes of at least 4 members (excludes halogenated alkanes) is 3. The minimum Gasteiger partial charge on any atom is -0.484 e. The highest BCUT2D eigenvalue weighted by atomic mass is 19.4. The molecule has 3 aromatic rings. The van der Waals surface area contributed by atoms with Gasteiger partial charge in [-0.25, -0.2) is 9.59 Å². The van der Waals surface area contributed by atoms with Crippen molar-refractivity contribution in [3.8, 4) is 11.5 Å². The fraction of sp³-hybridized carbons (Fsp3) is 0.290. The molecule has 0 aromatic heterocycles. The largest absolute Gasteiger partial charge is 0.484 e. The Morgan fingerprint density at radius 3 is 1.81 bits per heavy atom. The van der Waals surface area contributed by atoms with Crippen LogP contribution in [0, 0.1) is 20.2 Å². The van der Waals surface area contributed by atoms with Gasteiger partial charge in [-0.2, -0.15) is 22.0 Å². The Hall–Kier alpha value is -5.61. The number of rotatable bonds is 17. The van der Waals surface area contributed by atoms with Crippen LogP contribution in [0.3, 0.4) is 0 Å². The van der Waals surface area contributed by atoms with Crippen LogP contribution in [0.1, 0.15) is 47.2 Å². The molecular formula is C31H27F5N2O10. The van der Waals surface area contributed by atoms with Gasteiger partial charge in [-0.1, -0.05) is 12.1 Å². The average Bonchev–Trinajstić information content (AvgIpc) is 3.04. The molecule has 0 aliphatic heterocycles. The molecule has 48 heavy (non-hydrogen) atoms. The van der Waals surface area contributed by atoms with Gasteiger partial charge in [-0.05, 0) is 73.7 Å². The number of carbonyl (C=O) groups excluding carboxylic acids is 2. The average molecular weight is 683 g/mol. The molecule has 3 rings (SSSR count). The summed E-state index contributed by atoms with van der Waals surface area (Å²) in [5.74, 6) is -2.09. The molecule has 0 spiro atoms. The Kier molecular flexibility index (Phi) is 12.9. The summed E-state index contributed by atoms with van der Waals surface area (Å²) in [6.07, 6.45) is -3.76. The minimum atomic E-state index is -4.55. The fourth-order valence-electron chi connectivity index (χ4n) is 3.88. The molecule has 0 aliphatic carbocycles. The molecule has 0 saturated carbocycles. The maximum atomic E-state index is 14.6. The number of halogens is 5. The third-order valence-electron chi connectivity index (χ3n) is 6.21. The van der Waals surface area contributed by atoms with Crippen LogP contribution in [0.2, 0.25) is 0 Å². The van der Waals surface area contributed by atoms with Crippen molar-refractivity contribution >= 4 is 29.4 Å². The van der Waals surface area contributed by atoms with E-state index in [1.54, 1.807) is 0 Å². The van der Waals surface area contributed by atoms with Gasteiger partial charge >= 0.3 is 24.2 Å². The summed E-state index contributed by atoms with van der Waals surface area (Å²) < 4.78 is 85.2. The van der Waals surface area contributed by atoms with E-state index in [4.69, 9.17) is 14.2 Å². The smallest absolute Gasteiger partial charge is 0.426 e. The van der Waals surface area contributed by atoms with Gasteiger partial charge in [0.05, 0.1) is 40.3 Å². The van der Waals surface area contributed by atoms with Crippen LogP contribution in [0.15, 0.2) is 72.8 Å². The highest BCUT2D eigenvalue weighted by Gasteiger charge is 2.34. The van der Waals surface area contributed by atoms with Crippen molar-refractivity contribution in [1.29, 1.82) is 0 Å². The first kappa shape index (κ1) is 36.9. The highest BCUT2D eigenvalue weighted by Crippen LogP contribution is 2.33. The number of non-ortho nitro benzene ring substituents is 2. The number of ether oxygens (including phenoxy) is 4. The van der Waals surface area contributed by atoms with Crippen molar-refractivity contribution in [3.63, 3.8) is 0 Å². The van der Waals surface area contributed by atoms with Crippen molar-refractivity contribution in [2.45, 2.75) is 38.0 Å². The summed E-state index contributed by atoms with van der Waals surface area (Å²) in [4.78, 5) is 44.3. The zero-order valence-corrected chi connectivity index (χ0v) is 24.8. The number of hydrogen-bond acceptors (Lipinski definition) is 10. The third-order valence-corrected chi connectivity index (χ3v) is 6.21. The highest BCUT2D eigenvalue weighted by molar-refractivity contribution is 5.91. The lowest BCUT2D eigenvalue weighted by Gasteiger charge is -2.18. The van der Waals surface area contributed by atoms with E-state index in [9.17, 15) is 51.8 Å². The van der Waals surface area contributed by atoms with Gasteiger partial charge in [0.2, 0.25) is 0 Å². The van der Waals surface area contributed by atoms with Gasteiger partial charge in [-0.15, -0.1) is 0 Å². The first-order valence-corrected chi connectivity index (χ1v) is 14.1. The van der Waals surface area contributed by atoms with E-state index in [0.717, 1.165) is 60.7 Å². The zero-order valence-electron chi connectivity index (χ0n) is 24.8. The van der Waals surface area contributed by atoms with Crippen molar-refractivity contribution in [3.05, 3.63) is 110 Å². The van der Waals surface area contributed by atoms with Gasteiger partial charge in [0, 0.05) is 18.2 Å². The van der Waals surface area contributed by atoms with Crippen LogP contribution in [-0.2, 0) is 20.4 Å². The number of nitro benzene ring substituents is 2. The Morgan fingerprint density at radius 1 is 0.729 bits per heavy atom. The minimum absolute atomic E-state index is 0.0361. The van der Waals surface area contributed by atoms with Crippen molar-refractivity contribution in [1.82, 2.24) is 0 Å². The molecule has 0 heterocycles. The summed E-state index contributed by atoms with van der Waals surface area (Å²) in [6.45, 7) is -1.48. The van der Waals surface area contributed by atoms with Gasteiger partial charge in [0.15, 0.2) is 6.61 Å². The van der Waals surface area contributed by atoms with Crippen LogP contribution in [-0.4, -0.2) is 47.8 Å². The Labute approximate surface area is 269 Å². The maximum absolute atomic E-state index is 14.6. The SMILES string of the molecule is O=C(/C=C/c1ccc(C(F)(F)Oc2ccc(OCC(F)(F)F)cc2)cc1)OCCCCCCOC(=O)c1cc([N+](=O)[O-])cc([N+](=O)[O-])c1. The van der Waals surface area contributed by atoms with Gasteiger partial charge in [0.25, 0.3) is 11.4 Å². The third kappa shape index (κ3) is 12.3. The summed E-state index contributed by atoms with van der Waals surface area (Å²) in [6, 6.07) is 11.5. The molecule has 17 heteroatoms. The normalized spacial score (nSPS) is 11.6. The molecule has 256 valence electrons. The zero-order chi connectivity index (χ0) is 35.3. The molecule has 3 aromatic carbocycles. The van der Waals surface area contributed by atoms with Crippen molar-refractivity contribution in [2.24, 2.45) is 0 Å². The topological polar surface area (TPSA) is 157 Å². The standard InChI is InChI=1S/C31H27F5N2O10/c32-30(33,34)20-47-26-10-12-27(13-11-26)48-31(35,36)23-8-5-21(6-9-23)7-14-28(39)45-15-3-1-2-4-16-46-29(40)22-17-24(37(41)42)19-25(18-22)38(43)44/h5-14,17-19H,1-4,15-16,20H2/b14-7+. The van der Waals surface area contributed by atoms with E-state index in [-0.39, 0.29) is 30.3 Å². The quantitative estimate of drug-likeness (QED) is 0.0348. The maximum Gasteiger partial charge on any atom is 0.426 e. The van der Waals surface area contributed by atoms with E-state index < -0.39 is 57.6 Å².